The van der Waals surface area contributed by atoms with E-state index in [1.165, 1.54) is 6.08 Å². The van der Waals surface area contributed by atoms with Crippen molar-refractivity contribution in [3.8, 4) is 0 Å². The highest BCUT2D eigenvalue weighted by atomic mass is 16.2. The zero-order valence-electron chi connectivity index (χ0n) is 8.58. The van der Waals surface area contributed by atoms with Crippen LogP contribution in [-0.2, 0) is 9.59 Å². The molecule has 2 unspecified atom stereocenters. The summed E-state index contributed by atoms with van der Waals surface area (Å²) in [5.74, 6) is 0.0259. The smallest absolute Gasteiger partial charge is 0.223 e. The molecule has 0 aromatic carbocycles. The van der Waals surface area contributed by atoms with Crippen LogP contribution in [0.1, 0.15) is 32.6 Å². The predicted octanol–water partition coefficient (Wildman–Crippen LogP) is 1.44. The minimum Gasteiger partial charge on any atom is -0.346 e. The molecular formula is C11H17NO2. The lowest BCUT2D eigenvalue weighted by molar-refractivity contribution is -0.128. The van der Waals surface area contributed by atoms with E-state index in [4.69, 9.17) is 0 Å². The summed E-state index contributed by atoms with van der Waals surface area (Å²) in [6.45, 7) is 5.43. The number of carbonyl (C=O) groups excluding carboxylic acids is 2. The molecule has 3 heteroatoms. The average molecular weight is 195 g/mol. The summed E-state index contributed by atoms with van der Waals surface area (Å²) in [5.41, 5.74) is 0. The molecule has 1 aliphatic rings. The van der Waals surface area contributed by atoms with E-state index in [0.717, 1.165) is 25.7 Å². The number of amides is 1. The number of ketones is 1. The Bertz CT molecular complexity index is 248. The predicted molar refractivity (Wildman–Crippen MR) is 54.8 cm³/mol. The van der Waals surface area contributed by atoms with Gasteiger partial charge in [-0.3, -0.25) is 9.59 Å². The normalized spacial score (nSPS) is 27.6. The maximum atomic E-state index is 11.6. The van der Waals surface area contributed by atoms with Crippen molar-refractivity contribution in [2.45, 2.75) is 38.6 Å². The number of hydrogen-bond acceptors (Lipinski definition) is 2. The van der Waals surface area contributed by atoms with E-state index in [1.54, 1.807) is 0 Å². The van der Waals surface area contributed by atoms with Crippen molar-refractivity contribution in [3.63, 3.8) is 0 Å². The molecule has 2 atom stereocenters. The van der Waals surface area contributed by atoms with Gasteiger partial charge in [-0.2, -0.15) is 0 Å². The zero-order chi connectivity index (χ0) is 10.6. The van der Waals surface area contributed by atoms with Crippen molar-refractivity contribution < 1.29 is 9.59 Å². The van der Waals surface area contributed by atoms with Crippen LogP contribution in [0.15, 0.2) is 12.7 Å². The van der Waals surface area contributed by atoms with Gasteiger partial charge in [0.25, 0.3) is 0 Å². The van der Waals surface area contributed by atoms with Crippen LogP contribution in [0.5, 0.6) is 0 Å². The van der Waals surface area contributed by atoms with Gasteiger partial charge in [-0.1, -0.05) is 19.9 Å². The maximum absolute atomic E-state index is 11.6. The van der Waals surface area contributed by atoms with E-state index in [9.17, 15) is 9.59 Å². The molecule has 1 heterocycles. The Labute approximate surface area is 84.6 Å². The van der Waals surface area contributed by atoms with E-state index in [2.05, 4.69) is 11.9 Å². The third kappa shape index (κ3) is 2.44. The standard InChI is InChI=1S/C11H17NO2/c1-3-8-6-5-7-9(10(13)4-2)12-11(8)14/h4,8-9H,2-3,5-7H2,1H3,(H,12,14). The molecule has 1 fully saturated rings. The summed E-state index contributed by atoms with van der Waals surface area (Å²) in [6, 6.07) is -0.337. The molecule has 1 saturated heterocycles. The van der Waals surface area contributed by atoms with Crippen LogP contribution in [0.4, 0.5) is 0 Å². The van der Waals surface area contributed by atoms with Gasteiger partial charge in [0.15, 0.2) is 5.78 Å². The van der Waals surface area contributed by atoms with Crippen LogP contribution in [-0.4, -0.2) is 17.7 Å². The monoisotopic (exact) mass is 195 g/mol. The maximum Gasteiger partial charge on any atom is 0.223 e. The Morgan fingerprint density at radius 3 is 2.93 bits per heavy atom. The van der Waals surface area contributed by atoms with Gasteiger partial charge in [0.05, 0.1) is 6.04 Å². The lowest BCUT2D eigenvalue weighted by atomic mass is 9.99. The zero-order valence-corrected chi connectivity index (χ0v) is 8.58. The van der Waals surface area contributed by atoms with E-state index in [1.807, 2.05) is 6.92 Å². The highest BCUT2D eigenvalue weighted by Crippen LogP contribution is 2.18. The first-order valence-electron chi connectivity index (χ1n) is 5.15. The summed E-state index contributed by atoms with van der Waals surface area (Å²) < 4.78 is 0. The minimum atomic E-state index is -0.337. The molecule has 14 heavy (non-hydrogen) atoms. The van der Waals surface area contributed by atoms with Gasteiger partial charge in [0.1, 0.15) is 0 Å². The van der Waals surface area contributed by atoms with Crippen LogP contribution >= 0.6 is 0 Å². The number of rotatable bonds is 3. The average Bonchev–Trinajstić information content (AvgIpc) is 2.38. The van der Waals surface area contributed by atoms with Gasteiger partial charge >= 0.3 is 0 Å². The summed E-state index contributed by atoms with van der Waals surface area (Å²) in [6.07, 6.45) is 4.70. The molecule has 0 aromatic rings. The molecule has 0 aliphatic carbocycles. The minimum absolute atomic E-state index is 0.0187. The number of hydrogen-bond donors (Lipinski definition) is 1. The van der Waals surface area contributed by atoms with Crippen LogP contribution < -0.4 is 5.32 Å². The Kier molecular flexibility index (Phi) is 3.86. The molecule has 0 bridgehead atoms. The van der Waals surface area contributed by atoms with E-state index < -0.39 is 0 Å². The van der Waals surface area contributed by atoms with Crippen LogP contribution in [0.25, 0.3) is 0 Å². The third-order valence-corrected chi connectivity index (χ3v) is 2.77. The van der Waals surface area contributed by atoms with Gasteiger partial charge < -0.3 is 5.32 Å². The first-order valence-corrected chi connectivity index (χ1v) is 5.15. The van der Waals surface area contributed by atoms with Crippen molar-refractivity contribution in [2.24, 2.45) is 5.92 Å². The molecule has 0 spiro atoms. The quantitative estimate of drug-likeness (QED) is 0.692. The fourth-order valence-electron chi connectivity index (χ4n) is 1.81. The third-order valence-electron chi connectivity index (χ3n) is 2.77. The van der Waals surface area contributed by atoms with Crippen LogP contribution in [0, 0.1) is 5.92 Å². The van der Waals surface area contributed by atoms with Gasteiger partial charge in [-0.15, -0.1) is 0 Å². The van der Waals surface area contributed by atoms with E-state index in [-0.39, 0.29) is 23.7 Å². The van der Waals surface area contributed by atoms with Gasteiger partial charge in [0.2, 0.25) is 5.91 Å². The Hall–Kier alpha value is -1.12. The Balaban J connectivity index is 2.64. The summed E-state index contributed by atoms with van der Waals surface area (Å²) in [4.78, 5) is 22.9. The van der Waals surface area contributed by atoms with Crippen molar-refractivity contribution in [1.29, 1.82) is 0 Å². The molecule has 0 saturated carbocycles. The highest BCUT2D eigenvalue weighted by molar-refractivity contribution is 5.96. The largest absolute Gasteiger partial charge is 0.346 e. The highest BCUT2D eigenvalue weighted by Gasteiger charge is 2.26. The van der Waals surface area contributed by atoms with E-state index >= 15 is 0 Å². The molecule has 3 nitrogen and oxygen atoms in total. The first kappa shape index (κ1) is 11.0. The lowest BCUT2D eigenvalue weighted by Gasteiger charge is -2.13. The summed E-state index contributed by atoms with van der Waals surface area (Å²) >= 11 is 0. The Morgan fingerprint density at radius 2 is 2.36 bits per heavy atom. The van der Waals surface area contributed by atoms with Gasteiger partial charge in [-0.05, 0) is 25.3 Å². The summed E-state index contributed by atoms with van der Waals surface area (Å²) in [7, 11) is 0. The molecule has 0 radical (unpaired) electrons. The van der Waals surface area contributed by atoms with Crippen molar-refractivity contribution in [1.82, 2.24) is 5.32 Å². The number of nitrogens with one attached hydrogen (secondary N) is 1. The fraction of sp³-hybridized carbons (Fsp3) is 0.636. The van der Waals surface area contributed by atoms with Gasteiger partial charge in [-0.25, -0.2) is 0 Å². The second kappa shape index (κ2) is 4.94. The second-order valence-electron chi connectivity index (χ2n) is 3.70. The van der Waals surface area contributed by atoms with Crippen LogP contribution in [0.2, 0.25) is 0 Å². The van der Waals surface area contributed by atoms with Crippen molar-refractivity contribution in [2.75, 3.05) is 0 Å². The lowest BCUT2D eigenvalue weighted by Crippen LogP contribution is -2.40. The van der Waals surface area contributed by atoms with Crippen molar-refractivity contribution in [3.05, 3.63) is 12.7 Å². The Morgan fingerprint density at radius 1 is 1.64 bits per heavy atom. The first-order chi connectivity index (χ1) is 6.69. The molecule has 1 aliphatic heterocycles. The van der Waals surface area contributed by atoms with Crippen LogP contribution in [0.3, 0.4) is 0 Å². The molecule has 1 rings (SSSR count). The SMILES string of the molecule is C=CC(=O)C1CCCC(CC)C(=O)N1. The molecule has 1 N–H and O–H groups in total. The topological polar surface area (TPSA) is 46.2 Å². The number of carbonyl (C=O) groups is 2. The van der Waals surface area contributed by atoms with Gasteiger partial charge in [0, 0.05) is 5.92 Å². The summed E-state index contributed by atoms with van der Waals surface area (Å²) in [5, 5.41) is 2.77. The molecule has 1 amide bonds. The molecule has 0 aromatic heterocycles. The fourth-order valence-corrected chi connectivity index (χ4v) is 1.81. The molecular weight excluding hydrogens is 178 g/mol. The molecule has 78 valence electrons. The van der Waals surface area contributed by atoms with Crippen molar-refractivity contribution >= 4 is 11.7 Å². The second-order valence-corrected chi connectivity index (χ2v) is 3.70. The van der Waals surface area contributed by atoms with E-state index in [0.29, 0.717) is 0 Å².